The Bertz CT molecular complexity index is 1230. The van der Waals surface area contributed by atoms with Crippen LogP contribution in [0.5, 0.6) is 0 Å². The van der Waals surface area contributed by atoms with E-state index in [1.54, 1.807) is 6.92 Å². The van der Waals surface area contributed by atoms with Gasteiger partial charge >= 0.3 is 12.1 Å². The zero-order chi connectivity index (χ0) is 24.9. The number of nitrogens with zero attached hydrogens (tertiary/aromatic N) is 1. The molecule has 4 rings (SSSR count). The molecule has 1 aliphatic rings. The second-order valence-corrected chi connectivity index (χ2v) is 8.14. The van der Waals surface area contributed by atoms with Crippen molar-refractivity contribution in [2.24, 2.45) is 0 Å². The van der Waals surface area contributed by atoms with Crippen LogP contribution in [0.4, 0.5) is 14.9 Å². The minimum Gasteiger partial charge on any atom is -0.481 e. The Balaban J connectivity index is 1.50. The van der Waals surface area contributed by atoms with E-state index in [1.807, 2.05) is 48.5 Å². The highest BCUT2D eigenvalue weighted by Gasteiger charge is 2.29. The number of aliphatic carboxylic acids is 1. The Labute approximate surface area is 202 Å². The van der Waals surface area contributed by atoms with Gasteiger partial charge in [-0.1, -0.05) is 54.6 Å². The second-order valence-electron chi connectivity index (χ2n) is 8.14. The monoisotopic (exact) mass is 476 g/mol. The van der Waals surface area contributed by atoms with Gasteiger partial charge in [-0.2, -0.15) is 0 Å². The minimum absolute atomic E-state index is 0.0361. The van der Waals surface area contributed by atoms with Crippen LogP contribution < -0.4 is 5.32 Å². The summed E-state index contributed by atoms with van der Waals surface area (Å²) in [6.07, 6.45) is -1.14. The van der Waals surface area contributed by atoms with Gasteiger partial charge in [0.2, 0.25) is 0 Å². The van der Waals surface area contributed by atoms with Gasteiger partial charge in [0, 0.05) is 19.0 Å². The van der Waals surface area contributed by atoms with Crippen molar-refractivity contribution in [2.75, 3.05) is 25.0 Å². The molecule has 0 saturated heterocycles. The van der Waals surface area contributed by atoms with E-state index in [-0.39, 0.29) is 43.3 Å². The predicted molar refractivity (Wildman–Crippen MR) is 129 cm³/mol. The molecular formula is C27H25FN2O5. The van der Waals surface area contributed by atoms with Crippen molar-refractivity contribution in [2.45, 2.75) is 19.3 Å². The Kier molecular flexibility index (Phi) is 7.10. The highest BCUT2D eigenvalue weighted by molar-refractivity contribution is 6.03. The fraction of sp³-hybridized carbons (Fsp3) is 0.222. The molecule has 0 bridgehead atoms. The molecule has 180 valence electrons. The van der Waals surface area contributed by atoms with Gasteiger partial charge in [0.1, 0.15) is 12.4 Å². The molecule has 1 aliphatic carbocycles. The summed E-state index contributed by atoms with van der Waals surface area (Å²) in [6, 6.07) is 19.7. The van der Waals surface area contributed by atoms with Crippen LogP contribution >= 0.6 is 0 Å². The van der Waals surface area contributed by atoms with Crippen LogP contribution in [0.2, 0.25) is 0 Å². The van der Waals surface area contributed by atoms with Crippen molar-refractivity contribution in [1.82, 2.24) is 4.90 Å². The number of anilines is 1. The highest BCUT2D eigenvalue weighted by atomic mass is 19.1. The van der Waals surface area contributed by atoms with E-state index in [9.17, 15) is 18.8 Å². The van der Waals surface area contributed by atoms with Crippen LogP contribution in [0.15, 0.2) is 66.7 Å². The van der Waals surface area contributed by atoms with Crippen molar-refractivity contribution in [3.8, 4) is 11.1 Å². The lowest BCUT2D eigenvalue weighted by Gasteiger charge is -2.22. The van der Waals surface area contributed by atoms with Crippen LogP contribution in [-0.4, -0.2) is 47.7 Å². The first kappa shape index (κ1) is 23.9. The molecule has 0 fully saturated rings. The second kappa shape index (κ2) is 10.4. The number of carboxylic acids is 1. The maximum atomic E-state index is 14.7. The summed E-state index contributed by atoms with van der Waals surface area (Å²) in [6.45, 7) is 1.92. The topological polar surface area (TPSA) is 95.9 Å². The van der Waals surface area contributed by atoms with Crippen molar-refractivity contribution in [1.29, 1.82) is 0 Å². The number of carbonyl (C=O) groups is 3. The molecule has 3 aromatic carbocycles. The van der Waals surface area contributed by atoms with Gasteiger partial charge in [0.15, 0.2) is 0 Å². The van der Waals surface area contributed by atoms with Crippen LogP contribution in [0.25, 0.3) is 11.1 Å². The zero-order valence-corrected chi connectivity index (χ0v) is 19.2. The molecule has 2 N–H and O–H groups in total. The van der Waals surface area contributed by atoms with Crippen LogP contribution in [0.3, 0.4) is 0 Å². The third kappa shape index (κ3) is 5.01. The molecule has 3 aromatic rings. The Morgan fingerprint density at radius 3 is 2.20 bits per heavy atom. The fourth-order valence-corrected chi connectivity index (χ4v) is 4.37. The summed E-state index contributed by atoms with van der Waals surface area (Å²) < 4.78 is 20.1. The summed E-state index contributed by atoms with van der Waals surface area (Å²) in [5.74, 6) is -2.59. The van der Waals surface area contributed by atoms with E-state index in [2.05, 4.69) is 5.32 Å². The number of rotatable bonds is 8. The summed E-state index contributed by atoms with van der Waals surface area (Å²) in [7, 11) is 0. The molecule has 0 spiro atoms. The molecule has 0 aromatic heterocycles. The third-order valence-electron chi connectivity index (χ3n) is 6.08. The summed E-state index contributed by atoms with van der Waals surface area (Å²) in [5, 5.41) is 11.3. The van der Waals surface area contributed by atoms with E-state index in [0.29, 0.717) is 0 Å². The third-order valence-corrected chi connectivity index (χ3v) is 6.08. The van der Waals surface area contributed by atoms with Crippen LogP contribution in [0.1, 0.15) is 40.7 Å². The number of ether oxygens (including phenoxy) is 1. The van der Waals surface area contributed by atoms with Gasteiger partial charge in [-0.3, -0.25) is 14.9 Å². The van der Waals surface area contributed by atoms with Gasteiger partial charge in [-0.15, -0.1) is 0 Å². The molecule has 7 nitrogen and oxygen atoms in total. The number of halogens is 1. The Hall–Kier alpha value is -4.20. The van der Waals surface area contributed by atoms with Crippen molar-refractivity contribution < 1.29 is 28.6 Å². The van der Waals surface area contributed by atoms with Gasteiger partial charge in [0.05, 0.1) is 17.7 Å². The maximum Gasteiger partial charge on any atom is 0.411 e. The predicted octanol–water partition coefficient (Wildman–Crippen LogP) is 5.12. The molecule has 0 atom stereocenters. The molecule has 2 amide bonds. The standard InChI is InChI=1S/C27H25FN2O5/c1-2-30(15-14-24(31)32)26(33)21-12-7-13-23(28)25(21)29-27(34)35-16-22-19-10-5-3-8-17(19)18-9-4-6-11-20(18)22/h3-13,22H,2,14-16H2,1H3,(H,29,34)(H,31,32). The smallest absolute Gasteiger partial charge is 0.411 e. The minimum atomic E-state index is -1.05. The van der Waals surface area contributed by atoms with Crippen molar-refractivity contribution >= 4 is 23.7 Å². The van der Waals surface area contributed by atoms with Gasteiger partial charge in [0.25, 0.3) is 5.91 Å². The normalized spacial score (nSPS) is 11.9. The first-order chi connectivity index (χ1) is 16.9. The number of hydrogen-bond donors (Lipinski definition) is 2. The van der Waals surface area contributed by atoms with Crippen molar-refractivity contribution in [3.63, 3.8) is 0 Å². The number of para-hydroxylation sites is 1. The van der Waals surface area contributed by atoms with E-state index >= 15 is 0 Å². The van der Waals surface area contributed by atoms with Crippen LogP contribution in [-0.2, 0) is 9.53 Å². The number of carboxylic acid groups (broad SMARTS) is 1. The van der Waals surface area contributed by atoms with E-state index in [0.717, 1.165) is 28.3 Å². The first-order valence-corrected chi connectivity index (χ1v) is 11.3. The van der Waals surface area contributed by atoms with Gasteiger partial charge in [-0.25, -0.2) is 9.18 Å². The molecule has 8 heteroatoms. The highest BCUT2D eigenvalue weighted by Crippen LogP contribution is 2.44. The maximum absolute atomic E-state index is 14.7. The SMILES string of the molecule is CCN(CCC(=O)O)C(=O)c1cccc(F)c1NC(=O)OCC1c2ccccc2-c2ccccc21. The van der Waals surface area contributed by atoms with Gasteiger partial charge in [-0.05, 0) is 41.3 Å². The lowest BCUT2D eigenvalue weighted by atomic mass is 9.98. The first-order valence-electron chi connectivity index (χ1n) is 11.3. The molecule has 0 aliphatic heterocycles. The number of fused-ring (bicyclic) bond motifs is 3. The Morgan fingerprint density at radius 1 is 0.971 bits per heavy atom. The number of carbonyl (C=O) groups excluding carboxylic acids is 2. The number of nitrogens with one attached hydrogen (secondary N) is 1. The lowest BCUT2D eigenvalue weighted by molar-refractivity contribution is -0.137. The fourth-order valence-electron chi connectivity index (χ4n) is 4.37. The number of amides is 2. The number of benzene rings is 3. The molecule has 0 heterocycles. The Morgan fingerprint density at radius 2 is 1.60 bits per heavy atom. The molecule has 0 saturated carbocycles. The zero-order valence-electron chi connectivity index (χ0n) is 19.2. The van der Waals surface area contributed by atoms with E-state index in [1.165, 1.54) is 17.0 Å². The average Bonchev–Trinajstić information content (AvgIpc) is 3.18. The van der Waals surface area contributed by atoms with Crippen LogP contribution in [0, 0.1) is 5.82 Å². The summed E-state index contributed by atoms with van der Waals surface area (Å²) in [5.41, 5.74) is 3.87. The molecule has 0 radical (unpaired) electrons. The average molecular weight is 477 g/mol. The molecule has 35 heavy (non-hydrogen) atoms. The summed E-state index contributed by atoms with van der Waals surface area (Å²) >= 11 is 0. The lowest BCUT2D eigenvalue weighted by Crippen LogP contribution is -2.33. The molecule has 0 unspecified atom stereocenters. The molecular weight excluding hydrogens is 451 g/mol. The number of hydrogen-bond acceptors (Lipinski definition) is 4. The van der Waals surface area contributed by atoms with E-state index < -0.39 is 23.8 Å². The summed E-state index contributed by atoms with van der Waals surface area (Å²) in [4.78, 5) is 37.8. The largest absolute Gasteiger partial charge is 0.481 e. The van der Waals surface area contributed by atoms with Crippen molar-refractivity contribution in [3.05, 3.63) is 89.2 Å². The quantitative estimate of drug-likeness (QED) is 0.470. The van der Waals surface area contributed by atoms with E-state index in [4.69, 9.17) is 9.84 Å². The van der Waals surface area contributed by atoms with Gasteiger partial charge < -0.3 is 14.7 Å².